The fraction of sp³-hybridized carbons (Fsp3) is 0.423. The van der Waals surface area contributed by atoms with Gasteiger partial charge in [-0.25, -0.2) is 0 Å². The minimum absolute atomic E-state index is 0.0557. The zero-order valence-electron chi connectivity index (χ0n) is 19.4. The molecule has 0 spiro atoms. The number of para-hydroxylation sites is 1. The summed E-state index contributed by atoms with van der Waals surface area (Å²) in [5.41, 5.74) is 2.62. The summed E-state index contributed by atoms with van der Waals surface area (Å²) in [6, 6.07) is 14.3. The maximum absolute atomic E-state index is 13.5. The molecule has 1 fully saturated rings. The summed E-state index contributed by atoms with van der Waals surface area (Å²) >= 11 is 0. The third kappa shape index (κ3) is 4.78. The number of benzene rings is 2. The molecule has 174 valence electrons. The molecule has 0 unspecified atom stereocenters. The Bertz CT molecular complexity index is 1030. The Morgan fingerprint density at radius 3 is 2.67 bits per heavy atom. The van der Waals surface area contributed by atoms with Gasteiger partial charge in [-0.3, -0.25) is 14.4 Å². The summed E-state index contributed by atoms with van der Waals surface area (Å²) < 4.78 is 0. The van der Waals surface area contributed by atoms with Gasteiger partial charge in [0.1, 0.15) is 6.04 Å². The molecule has 1 saturated heterocycles. The molecule has 2 aliphatic rings. The predicted octanol–water partition coefficient (Wildman–Crippen LogP) is 2.91. The highest BCUT2D eigenvalue weighted by Crippen LogP contribution is 2.33. The van der Waals surface area contributed by atoms with E-state index in [1.165, 1.54) is 0 Å². The van der Waals surface area contributed by atoms with Gasteiger partial charge < -0.3 is 20.0 Å². The molecule has 0 aliphatic carbocycles. The van der Waals surface area contributed by atoms with Crippen LogP contribution in [0.1, 0.15) is 53.0 Å². The largest absolute Gasteiger partial charge is 0.351 e. The normalized spacial score (nSPS) is 17.7. The maximum Gasteiger partial charge on any atom is 0.256 e. The summed E-state index contributed by atoms with van der Waals surface area (Å²) in [6.45, 7) is 8.44. The van der Waals surface area contributed by atoms with Gasteiger partial charge in [0.05, 0.1) is 17.8 Å². The molecular weight excluding hydrogens is 416 g/mol. The van der Waals surface area contributed by atoms with Gasteiger partial charge >= 0.3 is 0 Å². The summed E-state index contributed by atoms with van der Waals surface area (Å²) in [7, 11) is 0. The molecule has 4 rings (SSSR count). The maximum atomic E-state index is 13.5. The van der Waals surface area contributed by atoms with Gasteiger partial charge in [0, 0.05) is 25.2 Å². The molecule has 0 bridgehead atoms. The molecule has 2 aromatic carbocycles. The number of hydrogen-bond donors (Lipinski definition) is 1. The van der Waals surface area contributed by atoms with Crippen LogP contribution in [0.5, 0.6) is 0 Å². The van der Waals surface area contributed by atoms with Crippen LogP contribution in [0.4, 0.5) is 5.69 Å². The van der Waals surface area contributed by atoms with Crippen molar-refractivity contribution in [3.63, 3.8) is 0 Å². The van der Waals surface area contributed by atoms with E-state index in [-0.39, 0.29) is 17.7 Å². The first-order chi connectivity index (χ1) is 16.0. The quantitative estimate of drug-likeness (QED) is 0.674. The summed E-state index contributed by atoms with van der Waals surface area (Å²) in [4.78, 5) is 44.9. The highest BCUT2D eigenvalue weighted by molar-refractivity contribution is 6.11. The number of carbonyl (C=O) groups is 3. The van der Waals surface area contributed by atoms with Crippen molar-refractivity contribution in [3.8, 4) is 0 Å². The Hall–Kier alpha value is -3.19. The highest BCUT2D eigenvalue weighted by Gasteiger charge is 2.41. The van der Waals surface area contributed by atoms with Crippen LogP contribution >= 0.6 is 0 Å². The Morgan fingerprint density at radius 1 is 1.09 bits per heavy atom. The van der Waals surface area contributed by atoms with E-state index in [9.17, 15) is 14.4 Å². The van der Waals surface area contributed by atoms with Crippen LogP contribution in [0.15, 0.2) is 48.5 Å². The lowest BCUT2D eigenvalue weighted by Gasteiger charge is -2.26. The monoisotopic (exact) mass is 448 g/mol. The van der Waals surface area contributed by atoms with Crippen LogP contribution in [0.2, 0.25) is 0 Å². The first-order valence-corrected chi connectivity index (χ1v) is 11.8. The Balaban J connectivity index is 1.53. The van der Waals surface area contributed by atoms with Gasteiger partial charge in [0.2, 0.25) is 5.91 Å². The molecule has 2 heterocycles. The third-order valence-corrected chi connectivity index (χ3v) is 6.63. The minimum atomic E-state index is -0.420. The number of anilines is 1. The van der Waals surface area contributed by atoms with Crippen LogP contribution < -0.4 is 10.2 Å². The molecule has 0 saturated carbocycles. The van der Waals surface area contributed by atoms with Gasteiger partial charge in [-0.05, 0) is 55.8 Å². The lowest BCUT2D eigenvalue weighted by molar-refractivity contribution is -0.122. The van der Waals surface area contributed by atoms with E-state index in [1.807, 2.05) is 36.4 Å². The molecule has 3 amide bonds. The van der Waals surface area contributed by atoms with Crippen LogP contribution in [-0.2, 0) is 11.3 Å². The first kappa shape index (κ1) is 23.0. The summed E-state index contributed by atoms with van der Waals surface area (Å²) in [5.74, 6) is -0.256. The van der Waals surface area contributed by atoms with Crippen molar-refractivity contribution in [3.05, 3.63) is 65.2 Å². The van der Waals surface area contributed by atoms with Crippen LogP contribution in [0, 0.1) is 0 Å². The van der Waals surface area contributed by atoms with E-state index in [4.69, 9.17) is 0 Å². The summed E-state index contributed by atoms with van der Waals surface area (Å²) in [6.07, 6.45) is 1.52. The summed E-state index contributed by atoms with van der Waals surface area (Å²) in [5, 5.41) is 2.99. The van der Waals surface area contributed by atoms with Crippen molar-refractivity contribution in [1.82, 2.24) is 15.1 Å². The van der Waals surface area contributed by atoms with E-state index in [2.05, 4.69) is 24.1 Å². The fourth-order valence-electron chi connectivity index (χ4n) is 4.74. The van der Waals surface area contributed by atoms with Crippen LogP contribution in [0.3, 0.4) is 0 Å². The zero-order chi connectivity index (χ0) is 23.4. The average Bonchev–Trinajstić information content (AvgIpc) is 3.32. The van der Waals surface area contributed by atoms with Gasteiger partial charge in [0.25, 0.3) is 11.8 Å². The van der Waals surface area contributed by atoms with Gasteiger partial charge in [-0.2, -0.15) is 0 Å². The van der Waals surface area contributed by atoms with Crippen LogP contribution in [0.25, 0.3) is 0 Å². The van der Waals surface area contributed by atoms with Crippen LogP contribution in [-0.4, -0.2) is 66.3 Å². The number of likely N-dealkylation sites (N-methyl/N-ethyl adjacent to an activating group) is 1. The molecule has 1 N–H and O–H groups in total. The topological polar surface area (TPSA) is 73.0 Å². The molecule has 33 heavy (non-hydrogen) atoms. The second-order valence-electron chi connectivity index (χ2n) is 8.58. The Morgan fingerprint density at radius 2 is 1.88 bits per heavy atom. The number of amides is 3. The molecule has 0 radical (unpaired) electrons. The van der Waals surface area contributed by atoms with Gasteiger partial charge in [-0.1, -0.05) is 38.1 Å². The average molecular weight is 449 g/mol. The lowest BCUT2D eigenvalue weighted by Crippen LogP contribution is -2.44. The Labute approximate surface area is 195 Å². The number of rotatable bonds is 8. The zero-order valence-corrected chi connectivity index (χ0v) is 19.4. The predicted molar refractivity (Wildman–Crippen MR) is 128 cm³/mol. The number of nitrogens with one attached hydrogen (secondary N) is 1. The number of hydrogen-bond acceptors (Lipinski definition) is 4. The molecule has 1 atom stereocenters. The van der Waals surface area contributed by atoms with E-state index in [0.29, 0.717) is 42.9 Å². The van der Waals surface area contributed by atoms with E-state index in [0.717, 1.165) is 31.6 Å². The minimum Gasteiger partial charge on any atom is -0.351 e. The lowest BCUT2D eigenvalue weighted by atomic mass is 10.1. The van der Waals surface area contributed by atoms with E-state index in [1.54, 1.807) is 21.9 Å². The molecule has 2 aliphatic heterocycles. The second kappa shape index (κ2) is 10.2. The number of carbonyl (C=O) groups excluding carboxylic acids is 3. The molecular formula is C26H32N4O3. The van der Waals surface area contributed by atoms with Gasteiger partial charge in [0.15, 0.2) is 0 Å². The second-order valence-corrected chi connectivity index (χ2v) is 8.58. The third-order valence-electron chi connectivity index (χ3n) is 6.63. The van der Waals surface area contributed by atoms with Crippen molar-refractivity contribution >= 4 is 23.4 Å². The molecule has 0 aromatic heterocycles. The Kier molecular flexibility index (Phi) is 7.08. The van der Waals surface area contributed by atoms with Crippen molar-refractivity contribution in [2.24, 2.45) is 0 Å². The van der Waals surface area contributed by atoms with E-state index >= 15 is 0 Å². The van der Waals surface area contributed by atoms with Gasteiger partial charge in [-0.15, -0.1) is 0 Å². The standard InChI is InChI=1S/C26H32N4O3/c1-3-28(4-2)16-14-27-24(31)20-10-7-9-19(17-20)18-30-22-12-6-5-11-21(22)25(32)29-15-8-13-23(29)26(30)33/h5-7,9-12,17,23H,3-4,8,13-16,18H2,1-2H3,(H,27,31)/t23-/m1/s1. The van der Waals surface area contributed by atoms with Crippen molar-refractivity contribution in [1.29, 1.82) is 0 Å². The molecule has 7 heteroatoms. The smallest absolute Gasteiger partial charge is 0.256 e. The first-order valence-electron chi connectivity index (χ1n) is 11.8. The van der Waals surface area contributed by atoms with Crippen molar-refractivity contribution in [2.75, 3.05) is 37.6 Å². The fourth-order valence-corrected chi connectivity index (χ4v) is 4.74. The number of nitrogens with zero attached hydrogens (tertiary/aromatic N) is 3. The van der Waals surface area contributed by atoms with E-state index < -0.39 is 6.04 Å². The van der Waals surface area contributed by atoms with Crippen molar-refractivity contribution < 1.29 is 14.4 Å². The van der Waals surface area contributed by atoms with Crippen molar-refractivity contribution in [2.45, 2.75) is 39.3 Å². The SMILES string of the molecule is CCN(CC)CCNC(=O)c1cccc(CN2C(=O)[C@H]3CCCN3C(=O)c3ccccc32)c1. The molecule has 7 nitrogen and oxygen atoms in total. The number of fused-ring (bicyclic) bond motifs is 2. The highest BCUT2D eigenvalue weighted by atomic mass is 16.2. The molecule has 2 aromatic rings.